The summed E-state index contributed by atoms with van der Waals surface area (Å²) in [7, 11) is 0. The van der Waals surface area contributed by atoms with Gasteiger partial charge < -0.3 is 24.5 Å². The molecule has 0 saturated heterocycles. The van der Waals surface area contributed by atoms with Gasteiger partial charge in [0.15, 0.2) is 11.6 Å². The molecule has 12 rings (SSSR count). The Labute approximate surface area is 404 Å². The van der Waals surface area contributed by atoms with Gasteiger partial charge in [-0.15, -0.1) is 10.2 Å². The number of phenolic OH excluding ortho intramolecular Hbond substituents is 3. The molecule has 0 bridgehead atoms. The number of fused-ring (bicyclic) bond motifs is 4. The second kappa shape index (κ2) is 17.9. The molecule has 0 saturated carbocycles. The topological polar surface area (TPSA) is 197 Å². The van der Waals surface area contributed by atoms with Crippen LogP contribution in [0.25, 0.3) is 77.8 Å². The molecule has 15 heteroatoms. The standard InChI is InChI=1S/C56H38N12O3/c69-40-29-43(42-18-23-52(71)54(44(42)30-40)66-64-37-17-20-49-47(28-37)61-55(45-13-5-8-26-59-45)67(49)32-38-10-3-6-24-57-38)35-14-19-46(60-31-35)56-62-48-27-36(16-21-50(48)68(56)33-39-11-4-7-25-58-39)63-65-53-41-12-2-1-9-34(41)15-22-51(53)70/h1-31,69-71H,32-33H2. The number of phenols is 3. The van der Waals surface area contributed by atoms with E-state index in [9.17, 15) is 15.3 Å². The minimum atomic E-state index is -0.104. The van der Waals surface area contributed by atoms with Gasteiger partial charge in [-0.2, -0.15) is 10.2 Å². The maximum absolute atomic E-state index is 11.2. The fourth-order valence-corrected chi connectivity index (χ4v) is 8.86. The Balaban J connectivity index is 0.875. The minimum absolute atomic E-state index is 0.0266. The summed E-state index contributed by atoms with van der Waals surface area (Å²) in [6.07, 6.45) is 7.00. The molecule has 3 N–H and O–H groups in total. The van der Waals surface area contributed by atoms with E-state index in [-0.39, 0.29) is 22.9 Å². The van der Waals surface area contributed by atoms with Gasteiger partial charge in [0, 0.05) is 41.1 Å². The van der Waals surface area contributed by atoms with Crippen LogP contribution in [0.4, 0.5) is 22.7 Å². The molecule has 340 valence electrons. The van der Waals surface area contributed by atoms with Crippen LogP contribution < -0.4 is 0 Å². The molecule has 6 aromatic carbocycles. The third-order valence-corrected chi connectivity index (χ3v) is 12.2. The van der Waals surface area contributed by atoms with E-state index < -0.39 is 0 Å². The fourth-order valence-electron chi connectivity index (χ4n) is 8.86. The summed E-state index contributed by atoms with van der Waals surface area (Å²) in [4.78, 5) is 28.7. The lowest BCUT2D eigenvalue weighted by atomic mass is 9.97. The zero-order valence-electron chi connectivity index (χ0n) is 37.5. The van der Waals surface area contributed by atoms with Crippen LogP contribution in [0, 0.1) is 0 Å². The molecule has 6 heterocycles. The normalized spacial score (nSPS) is 11.8. The number of aromatic nitrogens is 8. The van der Waals surface area contributed by atoms with Gasteiger partial charge in [0.1, 0.15) is 40.0 Å². The summed E-state index contributed by atoms with van der Waals surface area (Å²) in [5.74, 6) is 1.21. The molecule has 0 aliphatic heterocycles. The third-order valence-electron chi connectivity index (χ3n) is 12.2. The Kier molecular flexibility index (Phi) is 10.7. The number of benzene rings is 6. The highest BCUT2D eigenvalue weighted by molar-refractivity contribution is 6.05. The van der Waals surface area contributed by atoms with Gasteiger partial charge in [-0.05, 0) is 126 Å². The Morgan fingerprint density at radius 2 is 1.01 bits per heavy atom. The molecule has 0 aliphatic carbocycles. The van der Waals surface area contributed by atoms with Gasteiger partial charge in [0.25, 0.3) is 0 Å². The maximum Gasteiger partial charge on any atom is 0.160 e. The van der Waals surface area contributed by atoms with E-state index in [0.29, 0.717) is 80.4 Å². The Morgan fingerprint density at radius 1 is 0.437 bits per heavy atom. The number of pyridine rings is 4. The highest BCUT2D eigenvalue weighted by Crippen LogP contribution is 2.43. The molecule has 0 radical (unpaired) electrons. The molecule has 0 atom stereocenters. The van der Waals surface area contributed by atoms with Crippen molar-refractivity contribution < 1.29 is 15.3 Å². The first kappa shape index (κ1) is 42.3. The molecular weight excluding hydrogens is 889 g/mol. The van der Waals surface area contributed by atoms with E-state index in [1.54, 1.807) is 55.1 Å². The summed E-state index contributed by atoms with van der Waals surface area (Å²) >= 11 is 0. The maximum atomic E-state index is 11.2. The van der Waals surface area contributed by atoms with Gasteiger partial charge >= 0.3 is 0 Å². The molecule has 0 amide bonds. The fraction of sp³-hybridized carbons (Fsp3) is 0.0357. The van der Waals surface area contributed by atoms with Crippen LogP contribution in [0.2, 0.25) is 0 Å². The largest absolute Gasteiger partial charge is 0.508 e. The summed E-state index contributed by atoms with van der Waals surface area (Å²) in [5, 5.41) is 54.1. The summed E-state index contributed by atoms with van der Waals surface area (Å²) in [5.41, 5.74) is 9.15. The Hall–Kier alpha value is -10.0. The average molecular weight is 927 g/mol. The van der Waals surface area contributed by atoms with Gasteiger partial charge in [0.2, 0.25) is 0 Å². The first-order valence-electron chi connectivity index (χ1n) is 22.6. The van der Waals surface area contributed by atoms with Crippen molar-refractivity contribution in [2.75, 3.05) is 0 Å². The highest BCUT2D eigenvalue weighted by atomic mass is 16.3. The van der Waals surface area contributed by atoms with Crippen LogP contribution in [-0.2, 0) is 13.1 Å². The molecule has 6 aromatic heterocycles. The monoisotopic (exact) mass is 926 g/mol. The van der Waals surface area contributed by atoms with Crippen molar-refractivity contribution in [1.29, 1.82) is 0 Å². The van der Waals surface area contributed by atoms with Crippen molar-refractivity contribution in [2.45, 2.75) is 13.1 Å². The molecule has 0 aliphatic rings. The third kappa shape index (κ3) is 8.18. The number of azo groups is 2. The molecule has 12 aromatic rings. The van der Waals surface area contributed by atoms with Gasteiger partial charge in [0.05, 0.1) is 57.9 Å². The van der Waals surface area contributed by atoms with Crippen molar-refractivity contribution in [2.24, 2.45) is 20.5 Å². The number of hydrogen-bond acceptors (Lipinski definition) is 13. The first-order chi connectivity index (χ1) is 34.9. The van der Waals surface area contributed by atoms with Crippen LogP contribution in [0.1, 0.15) is 11.4 Å². The van der Waals surface area contributed by atoms with E-state index in [0.717, 1.165) is 38.9 Å². The predicted octanol–water partition coefficient (Wildman–Crippen LogP) is 13.3. The Bertz CT molecular complexity index is 4030. The summed E-state index contributed by atoms with van der Waals surface area (Å²) in [6.45, 7) is 0.913. The SMILES string of the molecule is Oc1cc(-c2ccc(-c3nc4cc(N=Nc5c(O)ccc6ccccc56)ccc4n3Cc3ccccn3)nc2)c2ccc(O)c(N=Nc3ccc4c(c3)nc(-c3ccccn3)n4Cc3ccccn3)c2c1. The van der Waals surface area contributed by atoms with Crippen LogP contribution in [-0.4, -0.2) is 54.4 Å². The van der Waals surface area contributed by atoms with Gasteiger partial charge in [-0.25, -0.2) is 9.97 Å². The molecular formula is C56H38N12O3. The predicted molar refractivity (Wildman–Crippen MR) is 273 cm³/mol. The van der Waals surface area contributed by atoms with Crippen molar-refractivity contribution in [3.05, 3.63) is 200 Å². The Morgan fingerprint density at radius 3 is 1.61 bits per heavy atom. The quantitative estimate of drug-likeness (QED) is 0.106. The summed E-state index contributed by atoms with van der Waals surface area (Å²) < 4.78 is 4.14. The van der Waals surface area contributed by atoms with Crippen molar-refractivity contribution in [1.82, 2.24) is 39.0 Å². The van der Waals surface area contributed by atoms with Crippen molar-refractivity contribution >= 4 is 66.4 Å². The summed E-state index contributed by atoms with van der Waals surface area (Å²) in [6, 6.07) is 50.2. The zero-order valence-corrected chi connectivity index (χ0v) is 37.5. The second-order valence-corrected chi connectivity index (χ2v) is 16.8. The number of imidazole rings is 2. The molecule has 0 unspecified atom stereocenters. The second-order valence-electron chi connectivity index (χ2n) is 16.8. The van der Waals surface area contributed by atoms with Gasteiger partial charge in [-0.3, -0.25) is 19.9 Å². The number of aromatic hydroxyl groups is 3. The number of hydrogen-bond donors (Lipinski definition) is 3. The highest BCUT2D eigenvalue weighted by Gasteiger charge is 2.19. The van der Waals surface area contributed by atoms with Crippen molar-refractivity contribution in [3.8, 4) is 51.4 Å². The van der Waals surface area contributed by atoms with Gasteiger partial charge in [-0.1, -0.05) is 54.6 Å². The van der Waals surface area contributed by atoms with Crippen molar-refractivity contribution in [3.63, 3.8) is 0 Å². The van der Waals surface area contributed by atoms with E-state index in [1.165, 1.54) is 0 Å². The molecule has 0 fully saturated rings. The zero-order chi connectivity index (χ0) is 47.8. The lowest BCUT2D eigenvalue weighted by molar-refractivity contribution is 0.475. The van der Waals surface area contributed by atoms with E-state index >= 15 is 0 Å². The average Bonchev–Trinajstić information content (AvgIpc) is 3.95. The van der Waals surface area contributed by atoms with E-state index in [1.807, 2.05) is 133 Å². The number of rotatable bonds is 11. The number of nitrogens with zero attached hydrogens (tertiary/aromatic N) is 12. The molecule has 15 nitrogen and oxygen atoms in total. The van der Waals surface area contributed by atoms with E-state index in [4.69, 9.17) is 15.0 Å². The lowest BCUT2D eigenvalue weighted by Crippen LogP contribution is -2.04. The van der Waals surface area contributed by atoms with Crippen LogP contribution in [0.5, 0.6) is 17.2 Å². The molecule has 71 heavy (non-hydrogen) atoms. The minimum Gasteiger partial charge on any atom is -0.508 e. The first-order valence-corrected chi connectivity index (χ1v) is 22.6. The van der Waals surface area contributed by atoms with E-state index in [2.05, 4.69) is 44.5 Å². The molecule has 0 spiro atoms. The van der Waals surface area contributed by atoms with Crippen LogP contribution in [0.15, 0.2) is 209 Å². The lowest BCUT2D eigenvalue weighted by Gasteiger charge is -2.12. The van der Waals surface area contributed by atoms with Crippen LogP contribution in [0.3, 0.4) is 0 Å². The smallest absolute Gasteiger partial charge is 0.160 e. The van der Waals surface area contributed by atoms with Crippen LogP contribution >= 0.6 is 0 Å².